The van der Waals surface area contributed by atoms with Crippen LogP contribution in [-0.2, 0) is 27.4 Å². The number of sulfone groups is 1. The molecule has 3 heterocycles. The number of nitrogens with zero attached hydrogens (tertiary/aromatic N) is 5. The van der Waals surface area contributed by atoms with Gasteiger partial charge in [0.25, 0.3) is 5.16 Å². The standard InChI is InChI=1S/C21H25N5O4S/c1-4-5-17-22-18-19(25(17)2)23-21(24-20(18)26-10-12-30-13-11-26)31(27,28)14-15-6-8-16(29-3)9-7-15/h4-9H,10-14H2,1-3H3. The molecular formula is C21H25N5O4S. The number of hydrogen-bond acceptors (Lipinski definition) is 8. The Kier molecular flexibility index (Phi) is 5.92. The number of methoxy groups -OCH3 is 1. The molecule has 1 aliphatic rings. The maximum Gasteiger partial charge on any atom is 0.251 e. The largest absolute Gasteiger partial charge is 0.497 e. The number of hydrogen-bond donors (Lipinski definition) is 0. The first kappa shape index (κ1) is 21.3. The molecule has 0 unspecified atom stereocenters. The van der Waals surface area contributed by atoms with E-state index in [1.54, 1.807) is 35.9 Å². The van der Waals surface area contributed by atoms with Crippen LogP contribution in [0.1, 0.15) is 18.3 Å². The number of fused-ring (bicyclic) bond motifs is 1. The molecule has 4 rings (SSSR count). The molecule has 0 radical (unpaired) electrons. The number of benzene rings is 1. The molecule has 1 saturated heterocycles. The van der Waals surface area contributed by atoms with Crippen LogP contribution in [0.25, 0.3) is 17.2 Å². The molecule has 9 nitrogen and oxygen atoms in total. The Morgan fingerprint density at radius 2 is 1.84 bits per heavy atom. The van der Waals surface area contributed by atoms with Gasteiger partial charge < -0.3 is 18.9 Å². The maximum atomic E-state index is 13.2. The molecule has 164 valence electrons. The minimum absolute atomic E-state index is 0.202. The first-order valence-corrected chi connectivity index (χ1v) is 11.6. The topological polar surface area (TPSA) is 99.4 Å². The minimum atomic E-state index is -3.79. The van der Waals surface area contributed by atoms with Gasteiger partial charge in [0.05, 0.1) is 26.1 Å². The summed E-state index contributed by atoms with van der Waals surface area (Å²) in [5.74, 6) is 1.67. The average molecular weight is 444 g/mol. The molecule has 1 fully saturated rings. The molecule has 10 heteroatoms. The Hall–Kier alpha value is -2.98. The van der Waals surface area contributed by atoms with E-state index in [1.165, 1.54) is 0 Å². The molecular weight excluding hydrogens is 418 g/mol. The maximum absolute atomic E-state index is 13.2. The number of anilines is 1. The molecule has 0 saturated carbocycles. The molecule has 1 aliphatic heterocycles. The van der Waals surface area contributed by atoms with E-state index in [0.29, 0.717) is 60.4 Å². The van der Waals surface area contributed by atoms with Gasteiger partial charge in [-0.15, -0.1) is 0 Å². The van der Waals surface area contributed by atoms with Crippen molar-refractivity contribution in [2.24, 2.45) is 7.05 Å². The predicted molar refractivity (Wildman–Crippen MR) is 118 cm³/mol. The molecule has 2 aromatic heterocycles. The number of ether oxygens (including phenoxy) is 2. The molecule has 0 amide bonds. The Balaban J connectivity index is 1.81. The first-order valence-electron chi connectivity index (χ1n) is 9.98. The van der Waals surface area contributed by atoms with Gasteiger partial charge in [0.15, 0.2) is 17.0 Å². The highest BCUT2D eigenvalue weighted by Crippen LogP contribution is 2.27. The fraction of sp³-hybridized carbons (Fsp3) is 0.381. The monoisotopic (exact) mass is 443 g/mol. The van der Waals surface area contributed by atoms with E-state index < -0.39 is 9.84 Å². The number of allylic oxidation sites excluding steroid dienone is 1. The van der Waals surface area contributed by atoms with Crippen molar-refractivity contribution in [2.75, 3.05) is 38.3 Å². The summed E-state index contributed by atoms with van der Waals surface area (Å²) in [7, 11) is -0.398. The van der Waals surface area contributed by atoms with Crippen LogP contribution in [0.2, 0.25) is 0 Å². The van der Waals surface area contributed by atoms with Gasteiger partial charge in [-0.25, -0.2) is 13.4 Å². The zero-order valence-corrected chi connectivity index (χ0v) is 18.6. The van der Waals surface area contributed by atoms with Crippen molar-refractivity contribution in [1.29, 1.82) is 0 Å². The van der Waals surface area contributed by atoms with Crippen LogP contribution in [0.15, 0.2) is 35.5 Å². The van der Waals surface area contributed by atoms with E-state index in [2.05, 4.69) is 15.0 Å². The second-order valence-corrected chi connectivity index (χ2v) is 9.12. The molecule has 1 aromatic carbocycles. The van der Waals surface area contributed by atoms with E-state index in [1.807, 2.05) is 31.0 Å². The normalized spacial score (nSPS) is 15.1. The number of rotatable bonds is 6. The Morgan fingerprint density at radius 1 is 1.13 bits per heavy atom. The van der Waals surface area contributed by atoms with Crippen molar-refractivity contribution in [3.05, 3.63) is 41.7 Å². The minimum Gasteiger partial charge on any atom is -0.497 e. The van der Waals surface area contributed by atoms with E-state index in [0.717, 1.165) is 0 Å². The average Bonchev–Trinajstić information content (AvgIpc) is 3.10. The third-order valence-corrected chi connectivity index (χ3v) is 6.59. The number of morpholine rings is 1. The third-order valence-electron chi connectivity index (χ3n) is 5.13. The Labute approximate surface area is 181 Å². The molecule has 0 atom stereocenters. The number of aromatic nitrogens is 4. The second kappa shape index (κ2) is 8.64. The van der Waals surface area contributed by atoms with Gasteiger partial charge >= 0.3 is 0 Å². The van der Waals surface area contributed by atoms with Crippen molar-refractivity contribution in [3.8, 4) is 5.75 Å². The SMILES string of the molecule is CC=Cc1nc2c(N3CCOCC3)nc(S(=O)(=O)Cc3ccc(OC)cc3)nc2n1C. The lowest BCUT2D eigenvalue weighted by molar-refractivity contribution is 0.122. The van der Waals surface area contributed by atoms with Crippen LogP contribution < -0.4 is 9.64 Å². The smallest absolute Gasteiger partial charge is 0.251 e. The predicted octanol–water partition coefficient (Wildman–Crippen LogP) is 2.22. The molecule has 3 aromatic rings. The van der Waals surface area contributed by atoms with Crippen LogP contribution in [0.5, 0.6) is 5.75 Å². The highest BCUT2D eigenvalue weighted by Gasteiger charge is 2.27. The van der Waals surface area contributed by atoms with Crippen LogP contribution in [0.4, 0.5) is 5.82 Å². The van der Waals surface area contributed by atoms with Gasteiger partial charge in [-0.05, 0) is 30.7 Å². The second-order valence-electron chi connectivity index (χ2n) is 7.24. The summed E-state index contributed by atoms with van der Waals surface area (Å²) in [5.41, 5.74) is 1.70. The summed E-state index contributed by atoms with van der Waals surface area (Å²) in [6.07, 6.45) is 3.74. The Morgan fingerprint density at radius 3 is 2.48 bits per heavy atom. The van der Waals surface area contributed by atoms with Crippen LogP contribution in [0.3, 0.4) is 0 Å². The summed E-state index contributed by atoms with van der Waals surface area (Å²) < 4.78 is 38.8. The molecule has 0 spiro atoms. The van der Waals surface area contributed by atoms with Crippen molar-refractivity contribution in [3.63, 3.8) is 0 Å². The zero-order valence-electron chi connectivity index (χ0n) is 17.8. The van der Waals surface area contributed by atoms with E-state index in [9.17, 15) is 8.42 Å². The molecule has 0 N–H and O–H groups in total. The summed E-state index contributed by atoms with van der Waals surface area (Å²) in [5, 5.41) is -0.202. The van der Waals surface area contributed by atoms with Gasteiger partial charge in [-0.2, -0.15) is 9.97 Å². The molecule has 0 bridgehead atoms. The van der Waals surface area contributed by atoms with Crippen molar-refractivity contribution < 1.29 is 17.9 Å². The first-order chi connectivity index (χ1) is 14.9. The van der Waals surface area contributed by atoms with Crippen LogP contribution in [0, 0.1) is 0 Å². The van der Waals surface area contributed by atoms with Crippen LogP contribution in [-0.4, -0.2) is 61.3 Å². The highest BCUT2D eigenvalue weighted by molar-refractivity contribution is 7.90. The van der Waals surface area contributed by atoms with E-state index in [-0.39, 0.29) is 10.9 Å². The molecule has 0 aliphatic carbocycles. The number of imidazole rings is 1. The van der Waals surface area contributed by atoms with Gasteiger partial charge in [0.1, 0.15) is 11.6 Å². The summed E-state index contributed by atoms with van der Waals surface area (Å²) in [6, 6.07) is 6.93. The summed E-state index contributed by atoms with van der Waals surface area (Å²) >= 11 is 0. The van der Waals surface area contributed by atoms with Gasteiger partial charge in [0, 0.05) is 20.1 Å². The lowest BCUT2D eigenvalue weighted by atomic mass is 10.2. The zero-order chi connectivity index (χ0) is 22.0. The fourth-order valence-corrected chi connectivity index (χ4v) is 4.69. The van der Waals surface area contributed by atoms with Crippen molar-refractivity contribution in [2.45, 2.75) is 17.8 Å². The quantitative estimate of drug-likeness (QED) is 0.535. The number of aryl methyl sites for hydroxylation is 1. The van der Waals surface area contributed by atoms with E-state index >= 15 is 0 Å². The lowest BCUT2D eigenvalue weighted by Gasteiger charge is -2.28. The van der Waals surface area contributed by atoms with Crippen LogP contribution >= 0.6 is 0 Å². The summed E-state index contributed by atoms with van der Waals surface area (Å²) in [4.78, 5) is 15.6. The fourth-order valence-electron chi connectivity index (χ4n) is 3.48. The van der Waals surface area contributed by atoms with Gasteiger partial charge in [0.2, 0.25) is 9.84 Å². The van der Waals surface area contributed by atoms with E-state index in [4.69, 9.17) is 9.47 Å². The highest BCUT2D eigenvalue weighted by atomic mass is 32.2. The van der Waals surface area contributed by atoms with Crippen molar-refractivity contribution >= 4 is 32.9 Å². The Bertz CT molecular complexity index is 1210. The molecule has 31 heavy (non-hydrogen) atoms. The van der Waals surface area contributed by atoms with Crippen molar-refractivity contribution in [1.82, 2.24) is 19.5 Å². The summed E-state index contributed by atoms with van der Waals surface area (Å²) in [6.45, 7) is 4.22. The third kappa shape index (κ3) is 4.26. The van der Waals surface area contributed by atoms with Gasteiger partial charge in [-0.3, -0.25) is 0 Å². The van der Waals surface area contributed by atoms with Gasteiger partial charge in [-0.1, -0.05) is 18.2 Å². The lowest BCUT2D eigenvalue weighted by Crippen LogP contribution is -2.37.